The van der Waals surface area contributed by atoms with Gasteiger partial charge in [-0.15, -0.1) is 22.7 Å². The van der Waals surface area contributed by atoms with E-state index in [1.54, 1.807) is 0 Å². The van der Waals surface area contributed by atoms with Gasteiger partial charge >= 0.3 is 0 Å². The Labute approximate surface area is 444 Å². The molecule has 0 aliphatic carbocycles. The average molecular weight is 1010 g/mol. The summed E-state index contributed by atoms with van der Waals surface area (Å²) in [6, 6.07) is 91.8. The molecule has 4 aromatic heterocycles. The van der Waals surface area contributed by atoms with E-state index in [0.29, 0.717) is 0 Å². The lowest BCUT2D eigenvalue weighted by atomic mass is 10.00. The number of nitrogens with zero attached hydrogens (tertiary/aromatic N) is 2. The molecule has 0 saturated carbocycles. The first kappa shape index (κ1) is 43.0. The summed E-state index contributed by atoms with van der Waals surface area (Å²) in [5.41, 5.74) is 14.6. The lowest BCUT2D eigenvalue weighted by Crippen LogP contribution is -2.10. The molecule has 356 valence electrons. The SMILES string of the molecule is c1ccc(N(c2ccc(-c3ccc4c(c3)sc3c4ccc4c3ccc3c5ccc(-c6ccc(N(c7ccccc7)c7cccc8c7oc7ccccc78)cc6)cc5sc34)cc2)c2cccc3c2oc2ccccc23)cc1. The van der Waals surface area contributed by atoms with Crippen molar-refractivity contribution in [3.8, 4) is 22.3 Å². The summed E-state index contributed by atoms with van der Waals surface area (Å²) in [7, 11) is 0. The molecule has 0 amide bonds. The maximum atomic E-state index is 6.55. The number of furan rings is 2. The fourth-order valence-corrected chi connectivity index (χ4v) is 14.2. The third kappa shape index (κ3) is 6.75. The van der Waals surface area contributed by atoms with Gasteiger partial charge in [0.25, 0.3) is 0 Å². The van der Waals surface area contributed by atoms with Crippen LogP contribution >= 0.6 is 22.7 Å². The first-order chi connectivity index (χ1) is 37.7. The van der Waals surface area contributed by atoms with E-state index in [2.05, 4.69) is 240 Å². The van der Waals surface area contributed by atoms with Crippen molar-refractivity contribution in [2.75, 3.05) is 9.80 Å². The van der Waals surface area contributed by atoms with Crippen LogP contribution in [0.3, 0.4) is 0 Å². The second-order valence-corrected chi connectivity index (χ2v) is 21.6. The van der Waals surface area contributed by atoms with Crippen LogP contribution in [0.15, 0.2) is 264 Å². The monoisotopic (exact) mass is 1010 g/mol. The van der Waals surface area contributed by atoms with Crippen molar-refractivity contribution >= 4 is 152 Å². The summed E-state index contributed by atoms with van der Waals surface area (Å²) in [6.45, 7) is 0. The zero-order valence-corrected chi connectivity index (χ0v) is 42.4. The van der Waals surface area contributed by atoms with Crippen LogP contribution in [0.1, 0.15) is 0 Å². The van der Waals surface area contributed by atoms with E-state index in [0.717, 1.165) is 78.0 Å². The zero-order valence-electron chi connectivity index (χ0n) is 40.8. The fourth-order valence-electron chi connectivity index (χ4n) is 11.7. The molecule has 0 aliphatic rings. The van der Waals surface area contributed by atoms with E-state index in [4.69, 9.17) is 8.83 Å². The van der Waals surface area contributed by atoms with Crippen LogP contribution < -0.4 is 9.80 Å². The van der Waals surface area contributed by atoms with Gasteiger partial charge in [-0.3, -0.25) is 0 Å². The number of hydrogen-bond acceptors (Lipinski definition) is 6. The number of hydrogen-bond donors (Lipinski definition) is 0. The van der Waals surface area contributed by atoms with Crippen LogP contribution in [0.5, 0.6) is 0 Å². The Kier molecular flexibility index (Phi) is 9.64. The predicted molar refractivity (Wildman–Crippen MR) is 325 cm³/mol. The minimum absolute atomic E-state index is 0.876. The van der Waals surface area contributed by atoms with E-state index < -0.39 is 0 Å². The second-order valence-electron chi connectivity index (χ2n) is 19.5. The fraction of sp³-hybridized carbons (Fsp3) is 0. The van der Waals surface area contributed by atoms with Crippen molar-refractivity contribution in [1.82, 2.24) is 0 Å². The van der Waals surface area contributed by atoms with Crippen LogP contribution in [0.25, 0.3) is 117 Å². The van der Waals surface area contributed by atoms with Crippen LogP contribution in [-0.4, -0.2) is 0 Å². The smallest absolute Gasteiger partial charge is 0.159 e. The van der Waals surface area contributed by atoms with Crippen molar-refractivity contribution in [2.45, 2.75) is 0 Å². The number of fused-ring (bicyclic) bond motifs is 15. The summed E-state index contributed by atoms with van der Waals surface area (Å²) >= 11 is 3.80. The molecule has 0 atom stereocenters. The minimum Gasteiger partial charge on any atom is -0.454 e. The number of thiophene rings is 2. The van der Waals surface area contributed by atoms with E-state index in [1.807, 2.05) is 46.9 Å². The third-order valence-corrected chi connectivity index (χ3v) is 17.7. The van der Waals surface area contributed by atoms with E-state index >= 15 is 0 Å². The highest BCUT2D eigenvalue weighted by molar-refractivity contribution is 7.28. The van der Waals surface area contributed by atoms with Gasteiger partial charge in [0.1, 0.15) is 11.2 Å². The van der Waals surface area contributed by atoms with Crippen molar-refractivity contribution in [2.24, 2.45) is 0 Å². The highest BCUT2D eigenvalue weighted by Gasteiger charge is 2.22. The lowest BCUT2D eigenvalue weighted by Gasteiger charge is -2.25. The van der Waals surface area contributed by atoms with E-state index in [-0.39, 0.29) is 0 Å². The summed E-state index contributed by atoms with van der Waals surface area (Å²) in [4.78, 5) is 4.60. The first-order valence-electron chi connectivity index (χ1n) is 25.6. The Hall–Kier alpha value is -9.46. The maximum Gasteiger partial charge on any atom is 0.159 e. The lowest BCUT2D eigenvalue weighted by molar-refractivity contribution is 0.668. The van der Waals surface area contributed by atoms with Gasteiger partial charge in [0.05, 0.1) is 11.4 Å². The Morgan fingerprint density at radius 3 is 1.03 bits per heavy atom. The Balaban J connectivity index is 0.724. The van der Waals surface area contributed by atoms with Crippen LogP contribution in [0, 0.1) is 0 Å². The van der Waals surface area contributed by atoms with Crippen LogP contribution in [0.2, 0.25) is 0 Å². The molecule has 12 aromatic carbocycles. The molecule has 76 heavy (non-hydrogen) atoms. The normalized spacial score (nSPS) is 11.9. The molecular weight excluding hydrogens is 965 g/mol. The van der Waals surface area contributed by atoms with Gasteiger partial charge in [0.2, 0.25) is 0 Å². The summed E-state index contributed by atoms with van der Waals surface area (Å²) in [5, 5.41) is 12.3. The predicted octanol–water partition coefficient (Wildman–Crippen LogP) is 21.6. The first-order valence-corrected chi connectivity index (χ1v) is 27.3. The number of para-hydroxylation sites is 6. The van der Waals surface area contributed by atoms with Gasteiger partial charge in [0, 0.05) is 95.4 Å². The summed E-state index contributed by atoms with van der Waals surface area (Å²) in [5.74, 6) is 0. The molecule has 4 nitrogen and oxygen atoms in total. The molecular formula is C70H42N2O2S2. The molecule has 0 bridgehead atoms. The third-order valence-electron chi connectivity index (χ3n) is 15.3. The zero-order chi connectivity index (χ0) is 49.8. The number of rotatable bonds is 8. The molecule has 0 radical (unpaired) electrons. The van der Waals surface area contributed by atoms with Gasteiger partial charge in [-0.2, -0.15) is 0 Å². The van der Waals surface area contributed by atoms with Gasteiger partial charge < -0.3 is 18.6 Å². The highest BCUT2D eigenvalue weighted by atomic mass is 32.1. The molecule has 0 spiro atoms. The van der Waals surface area contributed by atoms with Gasteiger partial charge in [-0.05, 0) is 107 Å². The molecule has 4 heterocycles. The Morgan fingerprint density at radius 2 is 0.592 bits per heavy atom. The summed E-state index contributed by atoms with van der Waals surface area (Å²) < 4.78 is 18.3. The average Bonchev–Trinajstić information content (AvgIpc) is 4.28. The molecule has 0 saturated heterocycles. The number of anilines is 6. The van der Waals surface area contributed by atoms with Gasteiger partial charge in [-0.1, -0.05) is 170 Å². The van der Waals surface area contributed by atoms with Crippen molar-refractivity contribution in [3.63, 3.8) is 0 Å². The Morgan fingerprint density at radius 1 is 0.250 bits per heavy atom. The maximum absolute atomic E-state index is 6.55. The Bertz CT molecular complexity index is 4620. The van der Waals surface area contributed by atoms with Crippen molar-refractivity contribution < 1.29 is 8.83 Å². The molecule has 0 unspecified atom stereocenters. The largest absolute Gasteiger partial charge is 0.454 e. The van der Waals surface area contributed by atoms with E-state index in [9.17, 15) is 0 Å². The van der Waals surface area contributed by atoms with Gasteiger partial charge in [-0.25, -0.2) is 0 Å². The quantitative estimate of drug-likeness (QED) is 0.152. The van der Waals surface area contributed by atoms with E-state index in [1.165, 1.54) is 73.4 Å². The standard InChI is InChI=1S/C70H42N2O2S2/c1-3-13-47(14-4-1)71(61-21-11-19-55-51-17-7-9-23-63(51)73-67(55)61)49-31-25-43(26-32-49)45-29-35-53-57-37-39-60-59(69(57)75-65(53)41-45)40-38-58-54-36-30-46(42-66(54)76-70(58)60)44-27-33-50(34-28-44)72(48-15-5-2-6-16-48)62-22-12-20-56-52-18-8-10-24-64(52)74-68(56)62/h1-42H. The molecule has 0 aliphatic heterocycles. The van der Waals surface area contributed by atoms with Crippen LogP contribution in [0.4, 0.5) is 34.1 Å². The molecule has 0 fully saturated rings. The molecule has 16 rings (SSSR count). The molecule has 6 heteroatoms. The molecule has 0 N–H and O–H groups in total. The topological polar surface area (TPSA) is 32.8 Å². The second kappa shape index (κ2) is 17.0. The van der Waals surface area contributed by atoms with Crippen molar-refractivity contribution in [1.29, 1.82) is 0 Å². The van der Waals surface area contributed by atoms with Crippen LogP contribution in [-0.2, 0) is 0 Å². The summed E-state index contributed by atoms with van der Waals surface area (Å²) in [6.07, 6.45) is 0. The minimum atomic E-state index is 0.876. The van der Waals surface area contributed by atoms with Crippen molar-refractivity contribution in [3.05, 3.63) is 255 Å². The highest BCUT2D eigenvalue weighted by Crippen LogP contribution is 2.48. The molecule has 16 aromatic rings. The number of benzene rings is 12. The van der Waals surface area contributed by atoms with Gasteiger partial charge in [0.15, 0.2) is 11.2 Å².